The van der Waals surface area contributed by atoms with Crippen LogP contribution in [0.4, 0.5) is 10.1 Å². The number of hydrogen-bond donors (Lipinski definition) is 2. The summed E-state index contributed by atoms with van der Waals surface area (Å²) in [5.41, 5.74) is 4.34. The number of aliphatic hydroxyl groups excluding tert-OH is 1. The average Bonchev–Trinajstić information content (AvgIpc) is 3.50. The lowest BCUT2D eigenvalue weighted by Gasteiger charge is -2.39. The van der Waals surface area contributed by atoms with Crippen LogP contribution in [0.3, 0.4) is 0 Å². The zero-order valence-corrected chi connectivity index (χ0v) is 17.8. The van der Waals surface area contributed by atoms with Gasteiger partial charge in [-0.1, -0.05) is 18.2 Å². The number of nitrogens with one attached hydrogen (secondary N) is 1. The number of amides is 1. The molecule has 0 spiro atoms. The Balaban J connectivity index is 1.39. The molecule has 3 aromatic rings. The van der Waals surface area contributed by atoms with Crippen LogP contribution in [0.25, 0.3) is 11.1 Å². The molecule has 0 aromatic heterocycles. The number of benzene rings is 3. The topological polar surface area (TPSA) is 71.0 Å². The van der Waals surface area contributed by atoms with Crippen LogP contribution in [0.15, 0.2) is 60.7 Å². The van der Waals surface area contributed by atoms with Crippen LogP contribution in [-0.4, -0.2) is 41.9 Å². The molecule has 3 aromatic carbocycles. The van der Waals surface area contributed by atoms with Gasteiger partial charge in [0.15, 0.2) is 11.5 Å². The molecular formula is C26H23FN2O4. The quantitative estimate of drug-likeness (QED) is 0.631. The van der Waals surface area contributed by atoms with E-state index in [1.165, 1.54) is 12.1 Å². The second-order valence-electron chi connectivity index (χ2n) is 8.71. The van der Waals surface area contributed by atoms with Crippen molar-refractivity contribution in [2.75, 3.05) is 25.3 Å². The van der Waals surface area contributed by atoms with Gasteiger partial charge in [-0.15, -0.1) is 0 Å². The molecule has 1 fully saturated rings. The van der Waals surface area contributed by atoms with Gasteiger partial charge in [0.2, 0.25) is 6.79 Å². The third-order valence-corrected chi connectivity index (χ3v) is 6.93. The Morgan fingerprint density at radius 3 is 2.64 bits per heavy atom. The second-order valence-corrected chi connectivity index (χ2v) is 8.71. The summed E-state index contributed by atoms with van der Waals surface area (Å²) in [5, 5.41) is 13.5. The number of nitrogens with zero attached hydrogens (tertiary/aromatic N) is 1. The van der Waals surface area contributed by atoms with E-state index in [-0.39, 0.29) is 43.1 Å². The molecule has 7 heteroatoms. The van der Waals surface area contributed by atoms with Crippen LogP contribution in [0.5, 0.6) is 11.5 Å². The minimum absolute atomic E-state index is 0.00756. The molecule has 0 unspecified atom stereocenters. The Labute approximate surface area is 190 Å². The number of halogens is 1. The lowest BCUT2D eigenvalue weighted by molar-refractivity contribution is 0.0700. The van der Waals surface area contributed by atoms with Gasteiger partial charge in [-0.25, -0.2) is 4.39 Å². The first-order valence-corrected chi connectivity index (χ1v) is 11.1. The Bertz CT molecular complexity index is 1230. The Morgan fingerprint density at radius 1 is 1.03 bits per heavy atom. The third kappa shape index (κ3) is 3.31. The largest absolute Gasteiger partial charge is 0.454 e. The van der Waals surface area contributed by atoms with Crippen LogP contribution in [-0.2, 0) is 0 Å². The van der Waals surface area contributed by atoms with Crippen LogP contribution < -0.4 is 14.8 Å². The SMILES string of the molecule is O=C(c1ccc2c(c1)OCO2)N1CC[C@@H]2[C@H]1c1cc(-c3ccc(F)cc3)ccc1N[C@@H]2CO. The molecule has 6 nitrogen and oxygen atoms in total. The average molecular weight is 446 g/mol. The van der Waals surface area contributed by atoms with E-state index in [9.17, 15) is 14.3 Å². The van der Waals surface area contributed by atoms with Gasteiger partial charge in [0.25, 0.3) is 5.91 Å². The van der Waals surface area contributed by atoms with Crippen molar-refractivity contribution in [1.29, 1.82) is 0 Å². The van der Waals surface area contributed by atoms with E-state index in [2.05, 4.69) is 11.4 Å². The third-order valence-electron chi connectivity index (χ3n) is 6.93. The number of carbonyl (C=O) groups excluding carboxylic acids is 1. The fourth-order valence-corrected chi connectivity index (χ4v) is 5.31. The lowest BCUT2D eigenvalue weighted by atomic mass is 9.82. The van der Waals surface area contributed by atoms with Crippen molar-refractivity contribution >= 4 is 11.6 Å². The number of ether oxygens (including phenoxy) is 2. The van der Waals surface area contributed by atoms with E-state index in [0.29, 0.717) is 23.6 Å². The zero-order chi connectivity index (χ0) is 22.5. The molecular weight excluding hydrogens is 423 g/mol. The molecule has 6 rings (SSSR count). The molecule has 168 valence electrons. The van der Waals surface area contributed by atoms with Crippen molar-refractivity contribution in [2.24, 2.45) is 5.92 Å². The fraction of sp³-hybridized carbons (Fsp3) is 0.269. The summed E-state index contributed by atoms with van der Waals surface area (Å²) in [6, 6.07) is 17.4. The fourth-order valence-electron chi connectivity index (χ4n) is 5.31. The molecule has 3 aliphatic rings. The van der Waals surface area contributed by atoms with E-state index in [1.807, 2.05) is 17.0 Å². The van der Waals surface area contributed by atoms with Gasteiger partial charge in [0.05, 0.1) is 18.7 Å². The van der Waals surface area contributed by atoms with Crippen LogP contribution in [0.1, 0.15) is 28.4 Å². The lowest BCUT2D eigenvalue weighted by Crippen LogP contribution is -2.42. The van der Waals surface area contributed by atoms with E-state index < -0.39 is 0 Å². The van der Waals surface area contributed by atoms with Crippen molar-refractivity contribution in [1.82, 2.24) is 4.90 Å². The van der Waals surface area contributed by atoms with E-state index in [4.69, 9.17) is 9.47 Å². The molecule has 0 aliphatic carbocycles. The van der Waals surface area contributed by atoms with Crippen molar-refractivity contribution < 1.29 is 23.8 Å². The van der Waals surface area contributed by atoms with E-state index in [1.54, 1.807) is 30.3 Å². The van der Waals surface area contributed by atoms with Crippen molar-refractivity contribution in [3.05, 3.63) is 77.6 Å². The molecule has 2 N–H and O–H groups in total. The number of anilines is 1. The van der Waals surface area contributed by atoms with Gasteiger partial charge in [0, 0.05) is 23.7 Å². The molecule has 3 atom stereocenters. The summed E-state index contributed by atoms with van der Waals surface area (Å²) < 4.78 is 24.3. The van der Waals surface area contributed by atoms with Gasteiger partial charge < -0.3 is 24.8 Å². The summed E-state index contributed by atoms with van der Waals surface area (Å²) in [6.45, 7) is 0.748. The maximum atomic E-state index is 13.6. The summed E-state index contributed by atoms with van der Waals surface area (Å²) in [7, 11) is 0. The van der Waals surface area contributed by atoms with Crippen molar-refractivity contribution in [3.8, 4) is 22.6 Å². The summed E-state index contributed by atoms with van der Waals surface area (Å²) >= 11 is 0. The Kier molecular flexibility index (Phi) is 4.73. The first-order chi connectivity index (χ1) is 16.1. The monoisotopic (exact) mass is 446 g/mol. The van der Waals surface area contributed by atoms with Crippen LogP contribution in [0.2, 0.25) is 0 Å². The minimum Gasteiger partial charge on any atom is -0.454 e. The van der Waals surface area contributed by atoms with Crippen LogP contribution in [0, 0.1) is 11.7 Å². The highest BCUT2D eigenvalue weighted by atomic mass is 19.1. The predicted octanol–water partition coefficient (Wildman–Crippen LogP) is 4.21. The Hall–Kier alpha value is -3.58. The normalized spacial score (nSPS) is 22.5. The van der Waals surface area contributed by atoms with E-state index >= 15 is 0 Å². The molecule has 0 bridgehead atoms. The smallest absolute Gasteiger partial charge is 0.254 e. The van der Waals surface area contributed by atoms with Crippen molar-refractivity contribution in [2.45, 2.75) is 18.5 Å². The molecule has 1 amide bonds. The van der Waals surface area contributed by atoms with Gasteiger partial charge in [-0.3, -0.25) is 4.79 Å². The first kappa shape index (κ1) is 20.1. The molecule has 1 saturated heterocycles. The minimum atomic E-state index is -0.277. The van der Waals surface area contributed by atoms with Gasteiger partial charge in [-0.05, 0) is 65.6 Å². The highest BCUT2D eigenvalue weighted by molar-refractivity contribution is 5.95. The number of hydrogen-bond acceptors (Lipinski definition) is 5. The molecule has 3 aliphatic heterocycles. The highest BCUT2D eigenvalue weighted by Crippen LogP contribution is 2.48. The molecule has 3 heterocycles. The number of carbonyl (C=O) groups is 1. The Morgan fingerprint density at radius 2 is 1.82 bits per heavy atom. The summed E-state index contributed by atoms with van der Waals surface area (Å²) in [4.78, 5) is 15.5. The first-order valence-electron chi connectivity index (χ1n) is 11.1. The zero-order valence-electron chi connectivity index (χ0n) is 17.8. The van der Waals surface area contributed by atoms with Gasteiger partial charge >= 0.3 is 0 Å². The van der Waals surface area contributed by atoms with Crippen LogP contribution >= 0.6 is 0 Å². The predicted molar refractivity (Wildman–Crippen MR) is 121 cm³/mol. The maximum absolute atomic E-state index is 13.6. The van der Waals surface area contributed by atoms with Crippen molar-refractivity contribution in [3.63, 3.8) is 0 Å². The number of rotatable bonds is 3. The highest BCUT2D eigenvalue weighted by Gasteiger charge is 2.46. The van der Waals surface area contributed by atoms with Gasteiger partial charge in [0.1, 0.15) is 5.82 Å². The standard InChI is InChI=1S/C26H23FN2O4/c27-18-5-1-15(2-6-18)16-3-7-21-20(11-16)25-19(22(13-30)28-21)9-10-29(25)26(31)17-4-8-23-24(12-17)33-14-32-23/h1-8,11-12,19,22,25,28,30H,9-10,13-14H2/t19-,22+,25-/m0/s1. The summed E-state index contributed by atoms with van der Waals surface area (Å²) in [6.07, 6.45) is 0.791. The van der Waals surface area contributed by atoms with Gasteiger partial charge in [-0.2, -0.15) is 0 Å². The molecule has 0 saturated carbocycles. The summed E-state index contributed by atoms with van der Waals surface area (Å²) in [5.74, 6) is 0.957. The number of likely N-dealkylation sites (tertiary alicyclic amines) is 1. The molecule has 33 heavy (non-hydrogen) atoms. The maximum Gasteiger partial charge on any atom is 0.254 e. The molecule has 0 radical (unpaired) electrons. The second kappa shape index (κ2) is 7.78. The van der Waals surface area contributed by atoms with E-state index in [0.717, 1.165) is 28.8 Å². The number of fused-ring (bicyclic) bond motifs is 4. The number of aliphatic hydroxyl groups is 1.